The molecule has 0 bridgehead atoms. The van der Waals surface area contributed by atoms with Crippen molar-refractivity contribution in [3.63, 3.8) is 0 Å². The van der Waals surface area contributed by atoms with Gasteiger partial charge in [0.05, 0.1) is 0 Å². The lowest BCUT2D eigenvalue weighted by atomic mass is 9.76. The Morgan fingerprint density at radius 3 is 1.58 bits per heavy atom. The molecule has 0 aromatic heterocycles. The molecule has 0 atom stereocenters. The molecule has 0 spiro atoms. The van der Waals surface area contributed by atoms with E-state index in [0.717, 1.165) is 32.1 Å². The number of ketones is 2. The topological polar surface area (TPSA) is 71.4 Å². The molecule has 0 fully saturated rings. The smallest absolute Gasteiger partial charge is 0.324 e. The lowest BCUT2D eigenvalue weighted by Gasteiger charge is -2.23. The fraction of sp³-hybridized carbons (Fsp3) is 0.773. The number of carbonyl (C=O) groups is 3. The molecule has 0 amide bonds. The first-order valence-electron chi connectivity index (χ1n) is 10.3. The van der Waals surface area contributed by atoms with E-state index in [1.807, 2.05) is 0 Å². The summed E-state index contributed by atoms with van der Waals surface area (Å²) < 4.78 is 0. The van der Waals surface area contributed by atoms with Crippen molar-refractivity contribution in [2.75, 3.05) is 0 Å². The van der Waals surface area contributed by atoms with Gasteiger partial charge in [-0.3, -0.25) is 14.4 Å². The van der Waals surface area contributed by atoms with E-state index in [1.165, 1.54) is 52.4 Å². The monoisotopic (exact) mass is 366 g/mol. The van der Waals surface area contributed by atoms with Gasteiger partial charge in [-0.05, 0) is 46.0 Å². The average molecular weight is 367 g/mol. The summed E-state index contributed by atoms with van der Waals surface area (Å²) in [7, 11) is 0. The number of carboxylic acids is 1. The molecule has 0 heterocycles. The standard InChI is InChI=1S/C22H38O4/c1-4-5-6-7-8-9-10-11-12-13-14-15-16-17-18-22(19(2)23,20(3)24)21(25)26/h11-12H,4-10,13-18H2,1-3H3,(H,25,26). The number of aliphatic carboxylic acids is 1. The molecule has 0 aliphatic carbocycles. The van der Waals surface area contributed by atoms with Crippen LogP contribution in [0.25, 0.3) is 0 Å². The molecule has 0 aromatic rings. The zero-order valence-corrected chi connectivity index (χ0v) is 17.0. The van der Waals surface area contributed by atoms with Crippen molar-refractivity contribution >= 4 is 17.5 Å². The van der Waals surface area contributed by atoms with Crippen molar-refractivity contribution in [1.82, 2.24) is 0 Å². The van der Waals surface area contributed by atoms with Crippen LogP contribution in [0.4, 0.5) is 0 Å². The highest BCUT2D eigenvalue weighted by molar-refractivity contribution is 6.20. The average Bonchev–Trinajstić information content (AvgIpc) is 2.57. The quantitative estimate of drug-likeness (QED) is 0.198. The van der Waals surface area contributed by atoms with Gasteiger partial charge in [-0.1, -0.05) is 70.4 Å². The molecule has 0 aliphatic rings. The van der Waals surface area contributed by atoms with E-state index in [-0.39, 0.29) is 6.42 Å². The van der Waals surface area contributed by atoms with Crippen LogP contribution in [-0.2, 0) is 14.4 Å². The normalized spacial score (nSPS) is 11.8. The van der Waals surface area contributed by atoms with Gasteiger partial charge in [-0.15, -0.1) is 0 Å². The van der Waals surface area contributed by atoms with E-state index in [1.54, 1.807) is 0 Å². The molecule has 0 aromatic carbocycles. The second-order valence-corrected chi connectivity index (χ2v) is 7.30. The summed E-state index contributed by atoms with van der Waals surface area (Å²) in [5, 5.41) is 9.32. The van der Waals surface area contributed by atoms with E-state index >= 15 is 0 Å². The SMILES string of the molecule is CCCCCCCCC=CCCCCCCC(C(C)=O)(C(C)=O)C(=O)O. The van der Waals surface area contributed by atoms with E-state index < -0.39 is 23.0 Å². The Morgan fingerprint density at radius 2 is 1.15 bits per heavy atom. The molecule has 0 saturated heterocycles. The highest BCUT2D eigenvalue weighted by atomic mass is 16.4. The zero-order valence-electron chi connectivity index (χ0n) is 17.0. The lowest BCUT2D eigenvalue weighted by molar-refractivity contribution is -0.159. The van der Waals surface area contributed by atoms with Crippen molar-refractivity contribution in [3.8, 4) is 0 Å². The number of hydrogen-bond acceptors (Lipinski definition) is 3. The molecular weight excluding hydrogens is 328 g/mol. The summed E-state index contributed by atoms with van der Waals surface area (Å²) >= 11 is 0. The van der Waals surface area contributed by atoms with Crippen LogP contribution in [0.15, 0.2) is 12.2 Å². The minimum atomic E-state index is -1.84. The van der Waals surface area contributed by atoms with Crippen LogP contribution in [0.2, 0.25) is 0 Å². The maximum atomic E-state index is 11.7. The van der Waals surface area contributed by atoms with Crippen LogP contribution in [0.1, 0.15) is 104 Å². The van der Waals surface area contributed by atoms with Crippen molar-refractivity contribution in [3.05, 3.63) is 12.2 Å². The first-order chi connectivity index (χ1) is 12.4. The molecule has 150 valence electrons. The third kappa shape index (κ3) is 9.30. The second kappa shape index (κ2) is 14.7. The number of hydrogen-bond donors (Lipinski definition) is 1. The van der Waals surface area contributed by atoms with Crippen LogP contribution in [-0.4, -0.2) is 22.6 Å². The highest BCUT2D eigenvalue weighted by Crippen LogP contribution is 2.28. The van der Waals surface area contributed by atoms with Crippen LogP contribution in [0.3, 0.4) is 0 Å². The molecular formula is C22H38O4. The maximum absolute atomic E-state index is 11.7. The van der Waals surface area contributed by atoms with E-state index in [2.05, 4.69) is 19.1 Å². The van der Waals surface area contributed by atoms with Gasteiger partial charge in [0.1, 0.15) is 0 Å². The molecule has 0 saturated carbocycles. The minimum Gasteiger partial charge on any atom is -0.480 e. The van der Waals surface area contributed by atoms with Crippen LogP contribution in [0, 0.1) is 5.41 Å². The van der Waals surface area contributed by atoms with E-state index in [0.29, 0.717) is 6.42 Å². The molecule has 0 rings (SSSR count). The first-order valence-corrected chi connectivity index (χ1v) is 10.3. The number of rotatable bonds is 17. The molecule has 4 nitrogen and oxygen atoms in total. The van der Waals surface area contributed by atoms with Crippen molar-refractivity contribution in [1.29, 1.82) is 0 Å². The lowest BCUT2D eigenvalue weighted by Crippen LogP contribution is -2.44. The third-order valence-corrected chi connectivity index (χ3v) is 5.13. The van der Waals surface area contributed by atoms with E-state index in [4.69, 9.17) is 0 Å². The van der Waals surface area contributed by atoms with Gasteiger partial charge in [-0.2, -0.15) is 0 Å². The fourth-order valence-electron chi connectivity index (χ4n) is 3.29. The Kier molecular flexibility index (Phi) is 13.9. The summed E-state index contributed by atoms with van der Waals surface area (Å²) in [5.74, 6) is -2.43. The first kappa shape index (κ1) is 24.6. The van der Waals surface area contributed by atoms with Gasteiger partial charge in [0, 0.05) is 0 Å². The van der Waals surface area contributed by atoms with Crippen LogP contribution < -0.4 is 0 Å². The van der Waals surface area contributed by atoms with Crippen LogP contribution >= 0.6 is 0 Å². The van der Waals surface area contributed by atoms with Gasteiger partial charge in [0.15, 0.2) is 17.0 Å². The number of allylic oxidation sites excluding steroid dienone is 2. The van der Waals surface area contributed by atoms with Gasteiger partial charge in [0.2, 0.25) is 0 Å². The number of Topliss-reactive ketones (excluding diaryl/α,β-unsaturated/α-hetero) is 2. The van der Waals surface area contributed by atoms with Gasteiger partial charge >= 0.3 is 5.97 Å². The predicted molar refractivity (Wildman–Crippen MR) is 106 cm³/mol. The van der Waals surface area contributed by atoms with E-state index in [9.17, 15) is 19.5 Å². The third-order valence-electron chi connectivity index (χ3n) is 5.13. The van der Waals surface area contributed by atoms with Crippen molar-refractivity contribution in [2.24, 2.45) is 5.41 Å². The predicted octanol–water partition coefficient (Wildman–Crippen LogP) is 5.88. The van der Waals surface area contributed by atoms with Gasteiger partial charge in [0.25, 0.3) is 0 Å². The summed E-state index contributed by atoms with van der Waals surface area (Å²) in [5.41, 5.74) is -1.84. The Labute approximate surface area is 159 Å². The summed E-state index contributed by atoms with van der Waals surface area (Å²) in [6, 6.07) is 0. The Morgan fingerprint density at radius 1 is 0.731 bits per heavy atom. The molecule has 0 radical (unpaired) electrons. The van der Waals surface area contributed by atoms with Gasteiger partial charge in [-0.25, -0.2) is 0 Å². The number of carbonyl (C=O) groups excluding carboxylic acids is 2. The van der Waals surface area contributed by atoms with Crippen molar-refractivity contribution < 1.29 is 19.5 Å². The molecule has 4 heteroatoms. The highest BCUT2D eigenvalue weighted by Gasteiger charge is 2.47. The fourth-order valence-corrected chi connectivity index (χ4v) is 3.29. The van der Waals surface area contributed by atoms with Crippen LogP contribution in [0.5, 0.6) is 0 Å². The number of unbranched alkanes of at least 4 members (excludes halogenated alkanes) is 10. The zero-order chi connectivity index (χ0) is 19.8. The Hall–Kier alpha value is -1.45. The second-order valence-electron chi connectivity index (χ2n) is 7.30. The van der Waals surface area contributed by atoms with Gasteiger partial charge < -0.3 is 5.11 Å². The Bertz CT molecular complexity index is 415. The molecule has 1 N–H and O–H groups in total. The Balaban J connectivity index is 3.80. The molecule has 26 heavy (non-hydrogen) atoms. The largest absolute Gasteiger partial charge is 0.480 e. The number of carboxylic acid groups (broad SMARTS) is 1. The summed E-state index contributed by atoms with van der Waals surface area (Å²) in [6.07, 6.45) is 18.2. The molecule has 0 unspecified atom stereocenters. The maximum Gasteiger partial charge on any atom is 0.324 e. The summed E-state index contributed by atoms with van der Waals surface area (Å²) in [6.45, 7) is 4.63. The molecule has 0 aliphatic heterocycles. The minimum absolute atomic E-state index is 0.112. The summed E-state index contributed by atoms with van der Waals surface area (Å²) in [4.78, 5) is 34.8. The van der Waals surface area contributed by atoms with Crippen molar-refractivity contribution in [2.45, 2.75) is 104 Å².